The minimum Gasteiger partial charge on any atom is -0.477 e. The van der Waals surface area contributed by atoms with Gasteiger partial charge in [-0.15, -0.1) is 0 Å². The first kappa shape index (κ1) is 70.7. The summed E-state index contributed by atoms with van der Waals surface area (Å²) >= 11 is 0. The number of carboxylic acid groups (broad SMARTS) is 1. The molecule has 0 fully saturated rings. The van der Waals surface area contributed by atoms with Crippen LogP contribution < -0.4 is 0 Å². The fraction of sp³-hybridized carbons (Fsp3) is 0.652. The van der Waals surface area contributed by atoms with Crippen LogP contribution in [0.3, 0.4) is 0 Å². The van der Waals surface area contributed by atoms with E-state index in [9.17, 15) is 19.5 Å². The van der Waals surface area contributed by atoms with Gasteiger partial charge in [0.15, 0.2) is 6.10 Å². The third-order valence-corrected chi connectivity index (χ3v) is 12.2. The van der Waals surface area contributed by atoms with E-state index in [2.05, 4.69) is 135 Å². The van der Waals surface area contributed by atoms with Gasteiger partial charge in [0.2, 0.25) is 0 Å². The van der Waals surface area contributed by atoms with Crippen LogP contribution in [0.5, 0.6) is 0 Å². The van der Waals surface area contributed by atoms with Gasteiger partial charge in [-0.3, -0.25) is 9.59 Å². The molecule has 0 aromatic carbocycles. The highest BCUT2D eigenvalue weighted by Crippen LogP contribution is 2.15. The molecule has 0 aromatic rings. The summed E-state index contributed by atoms with van der Waals surface area (Å²) in [6.45, 7) is 4.73. The van der Waals surface area contributed by atoms with Gasteiger partial charge >= 0.3 is 17.9 Å². The van der Waals surface area contributed by atoms with Crippen molar-refractivity contribution in [2.45, 2.75) is 232 Å². The molecule has 0 radical (unpaired) electrons. The molecule has 426 valence electrons. The number of likely N-dealkylation sites (N-methyl/N-ethyl adjacent to an activating group) is 1. The van der Waals surface area contributed by atoms with Crippen LogP contribution in [-0.4, -0.2) is 87.4 Å². The summed E-state index contributed by atoms with van der Waals surface area (Å²) in [5.41, 5.74) is 0. The maximum absolute atomic E-state index is 12.9. The van der Waals surface area contributed by atoms with Gasteiger partial charge in [0.25, 0.3) is 6.29 Å². The smallest absolute Gasteiger partial charge is 0.361 e. The number of ether oxygens (including phenoxy) is 4. The molecule has 0 aromatic heterocycles. The first-order chi connectivity index (χ1) is 36.6. The summed E-state index contributed by atoms with van der Waals surface area (Å²) in [5, 5.41) is 9.69. The van der Waals surface area contributed by atoms with Crippen LogP contribution in [0.15, 0.2) is 122 Å². The molecule has 0 saturated carbocycles. The Balaban J connectivity index is 4.22. The van der Waals surface area contributed by atoms with Gasteiger partial charge < -0.3 is 28.5 Å². The number of unbranched alkanes of at least 4 members (excludes halogenated alkanes) is 18. The van der Waals surface area contributed by atoms with E-state index in [0.29, 0.717) is 23.9 Å². The molecular formula is C66H110NO8+. The topological polar surface area (TPSA) is 108 Å². The summed E-state index contributed by atoms with van der Waals surface area (Å²) in [5.74, 6) is -2.03. The fourth-order valence-corrected chi connectivity index (χ4v) is 7.69. The van der Waals surface area contributed by atoms with E-state index < -0.39 is 24.3 Å². The van der Waals surface area contributed by atoms with Crippen LogP contribution >= 0.6 is 0 Å². The number of quaternary nitrogens is 1. The van der Waals surface area contributed by atoms with E-state index in [0.717, 1.165) is 122 Å². The van der Waals surface area contributed by atoms with Gasteiger partial charge in [-0.25, -0.2) is 4.79 Å². The van der Waals surface area contributed by atoms with Crippen molar-refractivity contribution in [2.24, 2.45) is 0 Å². The van der Waals surface area contributed by atoms with Crippen molar-refractivity contribution < 1.29 is 42.9 Å². The first-order valence-corrected chi connectivity index (χ1v) is 29.7. The first-order valence-electron chi connectivity index (χ1n) is 29.7. The molecule has 0 aliphatic rings. The van der Waals surface area contributed by atoms with Gasteiger partial charge in [0.05, 0.1) is 34.4 Å². The number of carbonyl (C=O) groups is 3. The zero-order chi connectivity index (χ0) is 54.8. The number of rotatable bonds is 53. The minimum absolute atomic E-state index is 0.180. The lowest BCUT2D eigenvalue weighted by atomic mass is 10.0. The Morgan fingerprint density at radius 1 is 0.413 bits per heavy atom. The lowest BCUT2D eigenvalue weighted by Gasteiger charge is -2.25. The largest absolute Gasteiger partial charge is 0.477 e. The van der Waals surface area contributed by atoms with Crippen molar-refractivity contribution in [1.82, 2.24) is 0 Å². The molecule has 0 aliphatic carbocycles. The molecule has 2 atom stereocenters. The Labute approximate surface area is 459 Å². The minimum atomic E-state index is -1.52. The van der Waals surface area contributed by atoms with Crippen LogP contribution in [-0.2, 0) is 33.3 Å². The second-order valence-electron chi connectivity index (χ2n) is 20.6. The van der Waals surface area contributed by atoms with E-state index in [-0.39, 0.29) is 32.2 Å². The number of allylic oxidation sites excluding steroid dienone is 20. The quantitative estimate of drug-likeness (QED) is 0.0211. The molecule has 9 heteroatoms. The standard InChI is InChI=1S/C66H109NO8/c1-6-8-10-12-14-16-18-20-21-22-23-24-25-26-27-28-29-30-31-32-33-34-35-36-37-38-39-40-41-42-43-45-47-49-51-53-55-57-64(69)75-62(61-74-66(65(70)71)72-59-58-67(3,4)5)60-73-63(68)56-54-52-50-48-46-44-19-17-15-13-11-9-7-2/h8,10,14,16,20-21,23-24,26-27,29-30,32-33,35-36,38-39,41-42,62,66H,6-7,9,11-13,15,17-19,22,25,28,31,34,37,40,43-61H2,1-5H3/p+1/b10-8-,16-14-,21-20-,24-23-,27-26-,30-29-,33-32-,36-35-,39-38-,42-41-. The Bertz CT molecular complexity index is 1640. The summed E-state index contributed by atoms with van der Waals surface area (Å²) < 4.78 is 22.8. The van der Waals surface area contributed by atoms with Crippen LogP contribution in [0.2, 0.25) is 0 Å². The van der Waals surface area contributed by atoms with Crippen molar-refractivity contribution in [3.8, 4) is 0 Å². The molecule has 0 rings (SSSR count). The molecule has 0 aliphatic heterocycles. The van der Waals surface area contributed by atoms with Crippen molar-refractivity contribution >= 4 is 17.9 Å². The predicted octanol–water partition coefficient (Wildman–Crippen LogP) is 17.7. The molecule has 2 unspecified atom stereocenters. The molecule has 9 nitrogen and oxygen atoms in total. The van der Waals surface area contributed by atoms with Crippen LogP contribution in [0.4, 0.5) is 0 Å². The highest BCUT2D eigenvalue weighted by molar-refractivity contribution is 5.71. The number of esters is 2. The monoisotopic (exact) mass is 1040 g/mol. The number of aliphatic carboxylic acids is 1. The van der Waals surface area contributed by atoms with Crippen molar-refractivity contribution in [2.75, 3.05) is 47.5 Å². The average molecular weight is 1050 g/mol. The predicted molar refractivity (Wildman–Crippen MR) is 318 cm³/mol. The van der Waals surface area contributed by atoms with Gasteiger partial charge in [-0.2, -0.15) is 0 Å². The second kappa shape index (κ2) is 55.9. The van der Waals surface area contributed by atoms with E-state index in [1.807, 2.05) is 21.1 Å². The molecule has 0 spiro atoms. The van der Waals surface area contributed by atoms with Gasteiger partial charge in [-0.1, -0.05) is 238 Å². The summed E-state index contributed by atoms with van der Waals surface area (Å²) in [7, 11) is 5.95. The maximum Gasteiger partial charge on any atom is 0.361 e. The van der Waals surface area contributed by atoms with Gasteiger partial charge in [0.1, 0.15) is 13.2 Å². The highest BCUT2D eigenvalue weighted by atomic mass is 16.7. The average Bonchev–Trinajstić information content (AvgIpc) is 3.38. The zero-order valence-corrected chi connectivity index (χ0v) is 48.4. The Morgan fingerprint density at radius 2 is 0.760 bits per heavy atom. The van der Waals surface area contributed by atoms with Crippen LogP contribution in [0.25, 0.3) is 0 Å². The normalized spacial score (nSPS) is 13.7. The lowest BCUT2D eigenvalue weighted by molar-refractivity contribution is -0.870. The highest BCUT2D eigenvalue weighted by Gasteiger charge is 2.25. The van der Waals surface area contributed by atoms with Crippen LogP contribution in [0, 0.1) is 0 Å². The van der Waals surface area contributed by atoms with Crippen molar-refractivity contribution in [1.29, 1.82) is 0 Å². The third-order valence-electron chi connectivity index (χ3n) is 12.2. The van der Waals surface area contributed by atoms with E-state index in [4.69, 9.17) is 18.9 Å². The second-order valence-corrected chi connectivity index (χ2v) is 20.6. The molecular weight excluding hydrogens is 935 g/mol. The number of hydrogen-bond acceptors (Lipinski definition) is 7. The molecule has 0 amide bonds. The number of carboxylic acids is 1. The van der Waals surface area contributed by atoms with Crippen molar-refractivity contribution in [3.63, 3.8) is 0 Å². The Hall–Kier alpha value is -4.31. The number of hydrogen-bond donors (Lipinski definition) is 1. The van der Waals surface area contributed by atoms with E-state index in [1.54, 1.807) is 0 Å². The maximum atomic E-state index is 12.9. The number of carbonyl (C=O) groups excluding carboxylic acids is 2. The summed E-state index contributed by atoms with van der Waals surface area (Å²) in [6.07, 6.45) is 75.7. The van der Waals surface area contributed by atoms with Gasteiger partial charge in [0, 0.05) is 12.8 Å². The van der Waals surface area contributed by atoms with Gasteiger partial charge in [-0.05, 0) is 89.9 Å². The summed E-state index contributed by atoms with van der Waals surface area (Å²) in [6, 6.07) is 0. The fourth-order valence-electron chi connectivity index (χ4n) is 7.69. The molecule has 0 bridgehead atoms. The molecule has 1 N–H and O–H groups in total. The van der Waals surface area contributed by atoms with E-state index in [1.165, 1.54) is 64.2 Å². The summed E-state index contributed by atoms with van der Waals surface area (Å²) in [4.78, 5) is 37.3. The molecule has 0 saturated heterocycles. The zero-order valence-electron chi connectivity index (χ0n) is 48.4. The van der Waals surface area contributed by atoms with Crippen LogP contribution in [0.1, 0.15) is 219 Å². The lowest BCUT2D eigenvalue weighted by Crippen LogP contribution is -2.40. The third kappa shape index (κ3) is 57.2. The Morgan fingerprint density at radius 3 is 1.13 bits per heavy atom. The SMILES string of the molecule is CC/C=C\C/C=C\C/C=C\C/C=C\C/C=C\C/C=C\C/C=C\C/C=C\C/C=C\C/C=C\CCCCCCCCC(=O)OC(COC(=O)CCCCCCCCCCCCCCC)COC(OCC[N+](C)(C)C)C(=O)O. The number of nitrogens with zero attached hydrogens (tertiary/aromatic N) is 1. The molecule has 0 heterocycles. The molecule has 75 heavy (non-hydrogen) atoms. The van der Waals surface area contributed by atoms with Crippen molar-refractivity contribution in [3.05, 3.63) is 122 Å². The van der Waals surface area contributed by atoms with E-state index >= 15 is 0 Å². The Kier molecular flexibility index (Phi) is 52.7.